The maximum absolute atomic E-state index is 14.6. The molecule has 2 aromatic carbocycles. The van der Waals surface area contributed by atoms with Crippen LogP contribution in [0.3, 0.4) is 0 Å². The van der Waals surface area contributed by atoms with Gasteiger partial charge in [0, 0.05) is 117 Å². The monoisotopic (exact) mass is 1080 g/mol. The van der Waals surface area contributed by atoms with E-state index in [1.165, 1.54) is 24.3 Å². The summed E-state index contributed by atoms with van der Waals surface area (Å²) in [5.41, 5.74) is 19.7. The number of nitrogen functional groups attached to an aromatic ring is 2. The van der Waals surface area contributed by atoms with Crippen LogP contribution in [0, 0.1) is 11.6 Å². The summed E-state index contributed by atoms with van der Waals surface area (Å²) >= 11 is 15.5. The molecule has 9 heterocycles. The lowest BCUT2D eigenvalue weighted by atomic mass is 9.82. The SMILES string of the molecule is C.Cn1cc(-c2cc(-c3cc(-c4cc(Cl)ccc4F)nc4ncccc34)cnc2N)cn1.Cn1cc(B2OC(C)(C)C(C)(C)O2)cn1.Nc1ncc(-c2cc(-c3cc(Cl)ccc3F)nc3ncccc23)cc1Br. The molecule has 73 heavy (non-hydrogen) atoms. The molecule has 1 aliphatic heterocycles. The van der Waals surface area contributed by atoms with Crippen molar-refractivity contribution in [3.05, 3.63) is 161 Å². The first-order valence-electron chi connectivity index (χ1n) is 22.3. The van der Waals surface area contributed by atoms with Crippen LogP contribution in [0.25, 0.3) is 78.0 Å². The first-order chi connectivity index (χ1) is 34.3. The average Bonchev–Trinajstić information content (AvgIpc) is 4.06. The second-order valence-electron chi connectivity index (χ2n) is 17.8. The Morgan fingerprint density at radius 1 is 0.575 bits per heavy atom. The largest absolute Gasteiger partial charge is 0.498 e. The van der Waals surface area contributed by atoms with E-state index in [0.29, 0.717) is 60.0 Å². The van der Waals surface area contributed by atoms with E-state index in [9.17, 15) is 8.78 Å². The van der Waals surface area contributed by atoms with Crippen LogP contribution in [-0.2, 0) is 23.4 Å². The van der Waals surface area contributed by atoms with Crippen molar-refractivity contribution in [1.29, 1.82) is 0 Å². The van der Waals surface area contributed by atoms with E-state index in [4.69, 9.17) is 44.0 Å². The summed E-state index contributed by atoms with van der Waals surface area (Å²) < 4.78 is 44.8. The molecule has 1 saturated heterocycles. The van der Waals surface area contributed by atoms with Crippen LogP contribution in [0.4, 0.5) is 20.4 Å². The van der Waals surface area contributed by atoms with Crippen molar-refractivity contribution in [2.24, 2.45) is 14.1 Å². The Labute approximate surface area is 439 Å². The number of hydrogen-bond acceptors (Lipinski definition) is 12. The Balaban J connectivity index is 0.000000153. The van der Waals surface area contributed by atoms with Gasteiger partial charge in [-0.05, 0) is 140 Å². The van der Waals surface area contributed by atoms with Gasteiger partial charge < -0.3 is 20.8 Å². The highest BCUT2D eigenvalue weighted by Crippen LogP contribution is 2.39. The highest BCUT2D eigenvalue weighted by molar-refractivity contribution is 9.10. The fraction of sp³-hybridized carbons (Fsp3) is 0.170. The summed E-state index contributed by atoms with van der Waals surface area (Å²) in [6.07, 6.45) is 14.0. The van der Waals surface area contributed by atoms with Gasteiger partial charge in [-0.2, -0.15) is 10.2 Å². The predicted octanol–water partition coefficient (Wildman–Crippen LogP) is 12.0. The number of halogens is 5. The van der Waals surface area contributed by atoms with Crippen molar-refractivity contribution in [2.45, 2.75) is 46.3 Å². The molecule has 8 aromatic heterocycles. The lowest BCUT2D eigenvalue weighted by Gasteiger charge is -2.32. The van der Waals surface area contributed by atoms with Crippen molar-refractivity contribution in [1.82, 2.24) is 49.5 Å². The smallest absolute Gasteiger partial charge is 0.399 e. The molecule has 20 heteroatoms. The second-order valence-corrected chi connectivity index (χ2v) is 19.5. The minimum atomic E-state index is -0.412. The normalized spacial score (nSPS) is 13.5. The molecule has 10 aromatic rings. The van der Waals surface area contributed by atoms with Crippen LogP contribution in [0.15, 0.2) is 139 Å². The Kier molecular flexibility index (Phi) is 15.1. The zero-order valence-corrected chi connectivity index (χ0v) is 42.7. The molecule has 1 aliphatic rings. The molecular formula is C53H48BBrCl2F2N12O2. The highest BCUT2D eigenvalue weighted by Gasteiger charge is 2.52. The summed E-state index contributed by atoms with van der Waals surface area (Å²) in [6, 6.07) is 23.7. The molecule has 0 radical (unpaired) electrons. The topological polar surface area (TPSA) is 183 Å². The minimum Gasteiger partial charge on any atom is -0.399 e. The molecule has 0 amide bonds. The van der Waals surface area contributed by atoms with Crippen molar-refractivity contribution in [3.8, 4) is 55.9 Å². The molecule has 11 rings (SSSR count). The molecule has 0 atom stereocenters. The highest BCUT2D eigenvalue weighted by atomic mass is 79.9. The second kappa shape index (κ2) is 21.1. The zero-order valence-electron chi connectivity index (χ0n) is 39.6. The number of rotatable bonds is 6. The quantitative estimate of drug-likeness (QED) is 0.150. The van der Waals surface area contributed by atoms with Gasteiger partial charge in [-0.25, -0.2) is 38.7 Å². The van der Waals surface area contributed by atoms with Crippen LogP contribution in [-0.4, -0.2) is 67.8 Å². The number of aromatic nitrogens is 10. The van der Waals surface area contributed by atoms with E-state index in [1.54, 1.807) is 64.7 Å². The molecule has 370 valence electrons. The number of anilines is 2. The summed E-state index contributed by atoms with van der Waals surface area (Å²) in [4.78, 5) is 26.4. The molecular weight excluding hydrogens is 1040 g/mol. The maximum atomic E-state index is 14.6. The van der Waals surface area contributed by atoms with Crippen LogP contribution in [0.1, 0.15) is 35.1 Å². The molecule has 4 N–H and O–H groups in total. The average molecular weight is 1080 g/mol. The number of benzene rings is 2. The molecule has 0 bridgehead atoms. The van der Waals surface area contributed by atoms with Crippen molar-refractivity contribution in [2.75, 3.05) is 11.5 Å². The Bertz CT molecular complexity index is 3660. The third kappa shape index (κ3) is 11.1. The summed E-state index contributed by atoms with van der Waals surface area (Å²) in [5.74, 6) is -0.0231. The van der Waals surface area contributed by atoms with Gasteiger partial charge in [0.1, 0.15) is 23.3 Å². The zero-order chi connectivity index (χ0) is 51.1. The Morgan fingerprint density at radius 3 is 1.55 bits per heavy atom. The maximum Gasteiger partial charge on any atom is 0.498 e. The van der Waals surface area contributed by atoms with Gasteiger partial charge in [0.15, 0.2) is 11.3 Å². The number of nitrogens with two attached hydrogens (primary N) is 2. The Hall–Kier alpha value is -7.22. The third-order valence-corrected chi connectivity index (χ3v) is 13.4. The number of pyridine rings is 6. The fourth-order valence-corrected chi connectivity index (χ4v) is 8.50. The van der Waals surface area contributed by atoms with Gasteiger partial charge >= 0.3 is 7.12 Å². The molecule has 14 nitrogen and oxygen atoms in total. The van der Waals surface area contributed by atoms with E-state index in [-0.39, 0.29) is 25.7 Å². The van der Waals surface area contributed by atoms with E-state index in [2.05, 4.69) is 56.0 Å². The lowest BCUT2D eigenvalue weighted by molar-refractivity contribution is 0.00578. The molecule has 0 aliphatic carbocycles. The van der Waals surface area contributed by atoms with Crippen LogP contribution >= 0.6 is 39.1 Å². The van der Waals surface area contributed by atoms with Crippen molar-refractivity contribution >= 4 is 85.4 Å². The van der Waals surface area contributed by atoms with Gasteiger partial charge in [0.2, 0.25) is 0 Å². The summed E-state index contributed by atoms with van der Waals surface area (Å²) in [6.45, 7) is 8.18. The van der Waals surface area contributed by atoms with E-state index in [1.807, 2.05) is 96.6 Å². The van der Waals surface area contributed by atoms with Gasteiger partial charge in [-0.1, -0.05) is 30.6 Å². The van der Waals surface area contributed by atoms with Crippen molar-refractivity contribution < 1.29 is 18.1 Å². The molecule has 1 fully saturated rings. The predicted molar refractivity (Wildman–Crippen MR) is 291 cm³/mol. The first-order valence-corrected chi connectivity index (χ1v) is 23.8. The van der Waals surface area contributed by atoms with Crippen molar-refractivity contribution in [3.63, 3.8) is 0 Å². The number of hydrogen-bond donors (Lipinski definition) is 2. The standard InChI is InChI=1S/C23H16ClFN6.C19H11BrClFN4.C10H17BN2O2.CH4/c1-31-12-14(11-29-31)18-7-13(10-28-22(18)26)17-9-21(19-8-15(24)4-5-20(19)25)30-23-16(17)3-2-6-27-23;20-15-6-10(9-25-18(15)23)13-8-17(14-7-11(21)3-4-16(14)22)26-19-12(13)2-1-5-24-19;1-9(2)10(3,4)15-11(14-9)8-6-12-13(5)7-8;/h2-12H,1H3,(H2,26,28);1-9H,(H2,23,25);6-7H,1-5H3;1H4. The summed E-state index contributed by atoms with van der Waals surface area (Å²) in [5, 5.41) is 10.8. The van der Waals surface area contributed by atoms with E-state index < -0.39 is 11.6 Å². The Morgan fingerprint density at radius 2 is 1.07 bits per heavy atom. The van der Waals surface area contributed by atoms with Gasteiger partial charge in [-0.3, -0.25) is 9.36 Å². The summed E-state index contributed by atoms with van der Waals surface area (Å²) in [7, 11) is 3.42. The van der Waals surface area contributed by atoms with Gasteiger partial charge in [0.25, 0.3) is 0 Å². The fourth-order valence-electron chi connectivity index (χ4n) is 7.81. The van der Waals surface area contributed by atoms with Gasteiger partial charge in [-0.15, -0.1) is 0 Å². The molecule has 0 spiro atoms. The molecule has 0 unspecified atom stereocenters. The van der Waals surface area contributed by atoms with Crippen LogP contribution < -0.4 is 16.9 Å². The number of nitrogens with zero attached hydrogens (tertiary/aromatic N) is 10. The van der Waals surface area contributed by atoms with E-state index >= 15 is 0 Å². The van der Waals surface area contributed by atoms with Crippen LogP contribution in [0.2, 0.25) is 10.0 Å². The van der Waals surface area contributed by atoms with Gasteiger partial charge in [0.05, 0.1) is 33.3 Å². The van der Waals surface area contributed by atoms with E-state index in [0.717, 1.165) is 49.6 Å². The molecule has 0 saturated carbocycles. The lowest BCUT2D eigenvalue weighted by Crippen LogP contribution is -2.41. The first kappa shape index (κ1) is 52.1. The number of fused-ring (bicyclic) bond motifs is 2. The minimum absolute atomic E-state index is 0. The third-order valence-electron chi connectivity index (χ3n) is 12.3. The van der Waals surface area contributed by atoms with Crippen LogP contribution in [0.5, 0.6) is 0 Å². The number of aryl methyl sites for hydroxylation is 2.